The fourth-order valence-electron chi connectivity index (χ4n) is 1.11. The van der Waals surface area contributed by atoms with E-state index in [1.54, 1.807) is 6.07 Å². The molecule has 3 heteroatoms. The summed E-state index contributed by atoms with van der Waals surface area (Å²) in [7, 11) is 0. The van der Waals surface area contributed by atoms with Crippen LogP contribution in [0.15, 0.2) is 30.3 Å². The van der Waals surface area contributed by atoms with Gasteiger partial charge in [0.1, 0.15) is 0 Å². The van der Waals surface area contributed by atoms with Crippen molar-refractivity contribution in [3.8, 4) is 0 Å². The van der Waals surface area contributed by atoms with Gasteiger partial charge in [0.25, 0.3) is 0 Å². The van der Waals surface area contributed by atoms with E-state index in [9.17, 15) is 9.59 Å². The number of carbonyl (C=O) groups excluding carboxylic acids is 2. The topological polar surface area (TPSA) is 34.1 Å². The number of carbonyl (C=O) groups is 2. The first kappa shape index (κ1) is 11.7. The molecule has 78 valence electrons. The van der Waals surface area contributed by atoms with E-state index < -0.39 is 0 Å². The molecule has 0 N–H and O–H groups in total. The molecule has 0 aliphatic carbocycles. The zero-order valence-electron chi connectivity index (χ0n) is 8.47. The summed E-state index contributed by atoms with van der Waals surface area (Å²) < 4.78 is 0. The summed E-state index contributed by atoms with van der Waals surface area (Å²) in [5, 5.41) is 0.100. The largest absolute Gasteiger partial charge is 0.298 e. The van der Waals surface area contributed by atoms with Crippen LogP contribution in [0.4, 0.5) is 0 Å². The lowest BCUT2D eigenvalue weighted by atomic mass is 10.1. The molecule has 0 radical (unpaired) electrons. The van der Waals surface area contributed by atoms with Crippen molar-refractivity contribution in [3.05, 3.63) is 41.5 Å². The summed E-state index contributed by atoms with van der Waals surface area (Å²) in [6, 6.07) is 7.35. The Bertz CT molecular complexity index is 383. The summed E-state index contributed by atoms with van der Waals surface area (Å²) >= 11 is 1.25. The van der Waals surface area contributed by atoms with Crippen LogP contribution in [-0.4, -0.2) is 17.2 Å². The van der Waals surface area contributed by atoms with Crippen LogP contribution in [-0.2, 0) is 4.79 Å². The van der Waals surface area contributed by atoms with Gasteiger partial charge < -0.3 is 0 Å². The Morgan fingerprint density at radius 3 is 2.60 bits per heavy atom. The van der Waals surface area contributed by atoms with E-state index >= 15 is 0 Å². The molecule has 1 aromatic carbocycles. The van der Waals surface area contributed by atoms with Crippen LogP contribution in [0.25, 0.3) is 6.08 Å². The molecule has 0 amide bonds. The van der Waals surface area contributed by atoms with Crippen LogP contribution < -0.4 is 0 Å². The summed E-state index contributed by atoms with van der Waals surface area (Å²) in [5.41, 5.74) is 1.55. The van der Waals surface area contributed by atoms with Gasteiger partial charge in [-0.25, -0.2) is 0 Å². The maximum atomic E-state index is 10.7. The second kappa shape index (κ2) is 6.19. The molecule has 0 aliphatic rings. The van der Waals surface area contributed by atoms with Gasteiger partial charge >= 0.3 is 0 Å². The Labute approximate surface area is 93.4 Å². The van der Waals surface area contributed by atoms with Crippen molar-refractivity contribution in [3.63, 3.8) is 0 Å². The molecule has 0 unspecified atom stereocenters. The Morgan fingerprint density at radius 1 is 1.33 bits per heavy atom. The van der Waals surface area contributed by atoms with Crippen molar-refractivity contribution in [2.45, 2.75) is 6.92 Å². The molecular formula is C12H12O2S. The van der Waals surface area contributed by atoms with Crippen LogP contribution in [0.3, 0.4) is 0 Å². The van der Waals surface area contributed by atoms with Crippen molar-refractivity contribution in [2.24, 2.45) is 0 Å². The van der Waals surface area contributed by atoms with Gasteiger partial charge in [-0.2, -0.15) is 0 Å². The third-order valence-corrected chi connectivity index (χ3v) is 2.57. The monoisotopic (exact) mass is 220 g/mol. The van der Waals surface area contributed by atoms with E-state index in [-0.39, 0.29) is 5.12 Å². The van der Waals surface area contributed by atoms with E-state index in [2.05, 4.69) is 0 Å². The molecule has 0 aliphatic heterocycles. The van der Waals surface area contributed by atoms with Gasteiger partial charge in [-0.1, -0.05) is 48.2 Å². The predicted molar refractivity (Wildman–Crippen MR) is 64.0 cm³/mol. The summed E-state index contributed by atoms with van der Waals surface area (Å²) in [5.74, 6) is 0.641. The lowest BCUT2D eigenvalue weighted by Gasteiger charge is -1.96. The van der Waals surface area contributed by atoms with Gasteiger partial charge in [-0.3, -0.25) is 9.59 Å². The summed E-state index contributed by atoms with van der Waals surface area (Å²) in [6.45, 7) is 1.54. The predicted octanol–water partition coefficient (Wildman–Crippen LogP) is 2.79. The van der Waals surface area contributed by atoms with Gasteiger partial charge in [0.05, 0.1) is 0 Å². The van der Waals surface area contributed by atoms with Gasteiger partial charge in [0.2, 0.25) is 0 Å². The van der Waals surface area contributed by atoms with Crippen molar-refractivity contribution in [1.82, 2.24) is 0 Å². The maximum Gasteiger partial charge on any atom is 0.186 e. The normalized spacial score (nSPS) is 10.5. The van der Waals surface area contributed by atoms with E-state index in [4.69, 9.17) is 0 Å². The van der Waals surface area contributed by atoms with Crippen molar-refractivity contribution >= 4 is 29.2 Å². The lowest BCUT2D eigenvalue weighted by molar-refractivity contribution is -0.109. The molecule has 0 heterocycles. The average molecular weight is 220 g/mol. The molecular weight excluding hydrogens is 208 g/mol. The minimum Gasteiger partial charge on any atom is -0.298 e. The summed E-state index contributed by atoms with van der Waals surface area (Å²) in [4.78, 5) is 21.3. The lowest BCUT2D eigenvalue weighted by Crippen LogP contribution is -1.85. The van der Waals surface area contributed by atoms with Crippen LogP contribution in [0, 0.1) is 0 Å². The zero-order chi connectivity index (χ0) is 11.1. The minimum absolute atomic E-state index is 0.100. The average Bonchev–Trinajstić information content (AvgIpc) is 2.24. The van der Waals surface area contributed by atoms with Crippen LogP contribution >= 0.6 is 11.8 Å². The maximum absolute atomic E-state index is 10.7. The van der Waals surface area contributed by atoms with Crippen LogP contribution in [0.1, 0.15) is 22.8 Å². The van der Waals surface area contributed by atoms with Gasteiger partial charge in [0.15, 0.2) is 11.4 Å². The molecule has 0 saturated carbocycles. The fourth-order valence-corrected chi connectivity index (χ4v) is 1.54. The zero-order valence-corrected chi connectivity index (χ0v) is 9.29. The Morgan fingerprint density at radius 2 is 2.00 bits per heavy atom. The molecule has 15 heavy (non-hydrogen) atoms. The Hall–Kier alpha value is -1.35. The van der Waals surface area contributed by atoms with E-state index in [0.717, 1.165) is 11.8 Å². The van der Waals surface area contributed by atoms with Crippen molar-refractivity contribution < 1.29 is 9.59 Å². The highest BCUT2D eigenvalue weighted by Crippen LogP contribution is 2.09. The van der Waals surface area contributed by atoms with Crippen molar-refractivity contribution in [2.75, 3.05) is 5.75 Å². The smallest absolute Gasteiger partial charge is 0.186 e. The number of hydrogen-bond acceptors (Lipinski definition) is 3. The van der Waals surface area contributed by atoms with E-state index in [0.29, 0.717) is 11.3 Å². The first-order valence-corrected chi connectivity index (χ1v) is 5.56. The second-order valence-corrected chi connectivity index (χ2v) is 4.15. The molecule has 0 spiro atoms. The van der Waals surface area contributed by atoms with Crippen molar-refractivity contribution in [1.29, 1.82) is 0 Å². The van der Waals surface area contributed by atoms with E-state index in [1.807, 2.05) is 30.4 Å². The van der Waals surface area contributed by atoms with E-state index in [1.165, 1.54) is 18.7 Å². The molecule has 1 aromatic rings. The minimum atomic E-state index is 0.100. The third kappa shape index (κ3) is 4.13. The highest BCUT2D eigenvalue weighted by atomic mass is 32.2. The number of thioether (sulfide) groups is 1. The highest BCUT2D eigenvalue weighted by molar-refractivity contribution is 8.13. The Kier molecular flexibility index (Phi) is 4.84. The van der Waals surface area contributed by atoms with Crippen LogP contribution in [0.5, 0.6) is 0 Å². The second-order valence-electron chi connectivity index (χ2n) is 2.95. The first-order chi connectivity index (χ1) is 7.24. The molecule has 0 fully saturated rings. The fraction of sp³-hybridized carbons (Fsp3) is 0.167. The highest BCUT2D eigenvalue weighted by Gasteiger charge is 1.95. The number of rotatable bonds is 4. The molecule has 2 nitrogen and oxygen atoms in total. The molecule has 1 rings (SSSR count). The molecule has 0 atom stereocenters. The van der Waals surface area contributed by atoms with Gasteiger partial charge in [0, 0.05) is 18.2 Å². The van der Waals surface area contributed by atoms with Crippen LogP contribution in [0.2, 0.25) is 0 Å². The SMILES string of the molecule is CC(=O)SCC=Cc1ccccc1C=O. The number of hydrogen-bond donors (Lipinski definition) is 0. The molecule has 0 aromatic heterocycles. The van der Waals surface area contributed by atoms with Gasteiger partial charge in [-0.15, -0.1) is 0 Å². The molecule has 0 bridgehead atoms. The number of benzene rings is 1. The molecule has 0 saturated heterocycles. The first-order valence-electron chi connectivity index (χ1n) is 4.58. The van der Waals surface area contributed by atoms with Gasteiger partial charge in [-0.05, 0) is 5.56 Å². The standard InChI is InChI=1S/C12H12O2S/c1-10(14)15-8-4-7-11-5-2-3-6-12(11)9-13/h2-7,9H,8H2,1H3. The quantitative estimate of drug-likeness (QED) is 0.732. The third-order valence-electron chi connectivity index (χ3n) is 1.80. The summed E-state index contributed by atoms with van der Waals surface area (Å²) in [6.07, 6.45) is 4.58. The number of aldehydes is 1. The Balaban J connectivity index is 2.63.